The van der Waals surface area contributed by atoms with Crippen molar-refractivity contribution in [1.82, 2.24) is 4.90 Å². The van der Waals surface area contributed by atoms with Gasteiger partial charge in [-0.15, -0.1) is 0 Å². The highest BCUT2D eigenvalue weighted by molar-refractivity contribution is 6.30. The van der Waals surface area contributed by atoms with Crippen LogP contribution in [0.4, 0.5) is 0 Å². The Kier molecular flexibility index (Phi) is 4.65. The van der Waals surface area contributed by atoms with Crippen LogP contribution < -0.4 is 0 Å². The molecule has 0 aromatic heterocycles. The zero-order valence-electron chi connectivity index (χ0n) is 11.4. The maximum atomic E-state index is 12.3. The molecular formula is C15H18ClNO3. The molecule has 108 valence electrons. The van der Waals surface area contributed by atoms with Crippen LogP contribution in [0.15, 0.2) is 24.3 Å². The second-order valence-corrected chi connectivity index (χ2v) is 5.75. The van der Waals surface area contributed by atoms with Crippen LogP contribution in [0.2, 0.25) is 5.02 Å². The molecule has 20 heavy (non-hydrogen) atoms. The Morgan fingerprint density at radius 3 is 2.80 bits per heavy atom. The highest BCUT2D eigenvalue weighted by Crippen LogP contribution is 2.23. The van der Waals surface area contributed by atoms with Crippen LogP contribution >= 0.6 is 11.6 Å². The van der Waals surface area contributed by atoms with Crippen LogP contribution in [-0.4, -0.2) is 34.5 Å². The summed E-state index contributed by atoms with van der Waals surface area (Å²) in [6.07, 6.45) is 1.63. The van der Waals surface area contributed by atoms with Gasteiger partial charge in [0, 0.05) is 17.6 Å². The molecule has 0 radical (unpaired) electrons. The molecule has 2 unspecified atom stereocenters. The number of carbonyl (C=O) groups is 2. The van der Waals surface area contributed by atoms with Gasteiger partial charge in [-0.3, -0.25) is 9.59 Å². The van der Waals surface area contributed by atoms with E-state index >= 15 is 0 Å². The zero-order valence-corrected chi connectivity index (χ0v) is 12.1. The molecule has 1 heterocycles. The van der Waals surface area contributed by atoms with E-state index in [2.05, 4.69) is 0 Å². The summed E-state index contributed by atoms with van der Waals surface area (Å²) < 4.78 is 0. The molecule has 1 fully saturated rings. The minimum atomic E-state index is -0.822. The van der Waals surface area contributed by atoms with E-state index in [0.29, 0.717) is 18.0 Å². The van der Waals surface area contributed by atoms with Crippen molar-refractivity contribution in [2.24, 2.45) is 5.92 Å². The standard InChI is InChI=1S/C15H18ClNO3/c1-10-5-6-12(15(19)20)9-17(10)14(18)8-11-3-2-4-13(16)7-11/h2-4,7,10,12H,5-6,8-9H2,1H3,(H,19,20). The first-order valence-electron chi connectivity index (χ1n) is 6.74. The Labute approximate surface area is 123 Å². The molecular weight excluding hydrogens is 278 g/mol. The maximum Gasteiger partial charge on any atom is 0.308 e. The Morgan fingerprint density at radius 1 is 1.40 bits per heavy atom. The van der Waals surface area contributed by atoms with Gasteiger partial charge in [0.2, 0.25) is 5.91 Å². The van der Waals surface area contributed by atoms with Crippen molar-refractivity contribution >= 4 is 23.5 Å². The summed E-state index contributed by atoms with van der Waals surface area (Å²) in [5.74, 6) is -1.31. The summed E-state index contributed by atoms with van der Waals surface area (Å²) in [7, 11) is 0. The summed E-state index contributed by atoms with van der Waals surface area (Å²) in [5.41, 5.74) is 0.854. The summed E-state index contributed by atoms with van der Waals surface area (Å²) in [5, 5.41) is 9.70. The van der Waals surface area contributed by atoms with Gasteiger partial charge in [0.25, 0.3) is 0 Å². The SMILES string of the molecule is CC1CCC(C(=O)O)CN1C(=O)Cc1cccc(Cl)c1. The minimum Gasteiger partial charge on any atom is -0.481 e. The third-order valence-electron chi connectivity index (χ3n) is 3.80. The second-order valence-electron chi connectivity index (χ2n) is 5.31. The van der Waals surface area contributed by atoms with Gasteiger partial charge >= 0.3 is 5.97 Å². The number of aliphatic carboxylic acids is 1. The predicted octanol–water partition coefficient (Wildman–Crippen LogP) is 2.59. The molecule has 2 rings (SSSR count). The first kappa shape index (κ1) is 14.9. The van der Waals surface area contributed by atoms with E-state index in [1.54, 1.807) is 17.0 Å². The number of likely N-dealkylation sites (tertiary alicyclic amines) is 1. The fourth-order valence-corrected chi connectivity index (χ4v) is 2.79. The lowest BCUT2D eigenvalue weighted by molar-refractivity contribution is -0.146. The largest absolute Gasteiger partial charge is 0.481 e. The van der Waals surface area contributed by atoms with Crippen molar-refractivity contribution in [2.75, 3.05) is 6.54 Å². The van der Waals surface area contributed by atoms with Crippen LogP contribution in [-0.2, 0) is 16.0 Å². The van der Waals surface area contributed by atoms with E-state index in [1.165, 1.54) is 0 Å². The summed E-state index contributed by atoms with van der Waals surface area (Å²) >= 11 is 5.90. The Morgan fingerprint density at radius 2 is 2.15 bits per heavy atom. The van der Waals surface area contributed by atoms with Crippen molar-refractivity contribution in [1.29, 1.82) is 0 Å². The van der Waals surface area contributed by atoms with Crippen molar-refractivity contribution in [2.45, 2.75) is 32.2 Å². The van der Waals surface area contributed by atoms with Gasteiger partial charge in [0.05, 0.1) is 12.3 Å². The smallest absolute Gasteiger partial charge is 0.308 e. The van der Waals surface area contributed by atoms with E-state index < -0.39 is 11.9 Å². The monoisotopic (exact) mass is 295 g/mol. The number of piperidine rings is 1. The van der Waals surface area contributed by atoms with Crippen LogP contribution in [0.3, 0.4) is 0 Å². The van der Waals surface area contributed by atoms with Crippen LogP contribution in [0, 0.1) is 5.92 Å². The molecule has 1 saturated heterocycles. The van der Waals surface area contributed by atoms with E-state index in [0.717, 1.165) is 12.0 Å². The second kappa shape index (κ2) is 6.27. The number of carboxylic acid groups (broad SMARTS) is 1. The lowest BCUT2D eigenvalue weighted by atomic mass is 9.93. The van der Waals surface area contributed by atoms with Crippen LogP contribution in [0.1, 0.15) is 25.3 Å². The Balaban J connectivity index is 2.05. The van der Waals surface area contributed by atoms with Gasteiger partial charge in [-0.05, 0) is 37.5 Å². The number of benzene rings is 1. The van der Waals surface area contributed by atoms with Crippen molar-refractivity contribution in [3.63, 3.8) is 0 Å². The van der Waals surface area contributed by atoms with Crippen LogP contribution in [0.25, 0.3) is 0 Å². The molecule has 0 saturated carbocycles. The Bertz CT molecular complexity index is 518. The predicted molar refractivity (Wildman–Crippen MR) is 76.7 cm³/mol. The van der Waals surface area contributed by atoms with Gasteiger partial charge in [0.15, 0.2) is 0 Å². The molecule has 1 aromatic carbocycles. The van der Waals surface area contributed by atoms with Gasteiger partial charge < -0.3 is 10.0 Å². The molecule has 1 amide bonds. The fourth-order valence-electron chi connectivity index (χ4n) is 2.58. The number of halogens is 1. The number of amides is 1. The average molecular weight is 296 g/mol. The third-order valence-corrected chi connectivity index (χ3v) is 4.03. The van der Waals surface area contributed by atoms with E-state index in [4.69, 9.17) is 16.7 Å². The van der Waals surface area contributed by atoms with Crippen LogP contribution in [0.5, 0.6) is 0 Å². The molecule has 1 aliphatic rings. The molecule has 1 aromatic rings. The highest BCUT2D eigenvalue weighted by atomic mass is 35.5. The van der Waals surface area contributed by atoms with Crippen molar-refractivity contribution in [3.05, 3.63) is 34.9 Å². The summed E-state index contributed by atoms with van der Waals surface area (Å²) in [6.45, 7) is 2.27. The zero-order chi connectivity index (χ0) is 14.7. The van der Waals surface area contributed by atoms with Gasteiger partial charge in [0.1, 0.15) is 0 Å². The Hall–Kier alpha value is -1.55. The van der Waals surface area contributed by atoms with E-state index in [9.17, 15) is 9.59 Å². The number of rotatable bonds is 3. The number of nitrogens with zero attached hydrogens (tertiary/aromatic N) is 1. The third kappa shape index (κ3) is 3.51. The maximum absolute atomic E-state index is 12.3. The summed E-state index contributed by atoms with van der Waals surface area (Å²) in [6, 6.07) is 7.29. The average Bonchev–Trinajstić information content (AvgIpc) is 2.38. The first-order chi connectivity index (χ1) is 9.47. The lowest BCUT2D eigenvalue weighted by Gasteiger charge is -2.36. The van der Waals surface area contributed by atoms with Gasteiger partial charge in [-0.1, -0.05) is 23.7 Å². The topological polar surface area (TPSA) is 57.6 Å². The van der Waals surface area contributed by atoms with Gasteiger partial charge in [-0.25, -0.2) is 0 Å². The summed E-state index contributed by atoms with van der Waals surface area (Å²) in [4.78, 5) is 25.1. The lowest BCUT2D eigenvalue weighted by Crippen LogP contribution is -2.47. The first-order valence-corrected chi connectivity index (χ1v) is 7.12. The molecule has 0 bridgehead atoms. The fraction of sp³-hybridized carbons (Fsp3) is 0.467. The van der Waals surface area contributed by atoms with Crippen molar-refractivity contribution in [3.8, 4) is 0 Å². The number of carbonyl (C=O) groups excluding carboxylic acids is 1. The molecule has 0 spiro atoms. The van der Waals surface area contributed by atoms with E-state index in [-0.39, 0.29) is 18.4 Å². The number of carboxylic acids is 1. The molecule has 4 nitrogen and oxygen atoms in total. The molecule has 5 heteroatoms. The number of hydrogen-bond donors (Lipinski definition) is 1. The molecule has 2 atom stereocenters. The minimum absolute atomic E-state index is 0.0364. The molecule has 1 aliphatic heterocycles. The number of hydrogen-bond acceptors (Lipinski definition) is 2. The molecule has 1 N–H and O–H groups in total. The normalized spacial score (nSPS) is 22.6. The molecule has 0 aliphatic carbocycles. The van der Waals surface area contributed by atoms with Gasteiger partial charge in [-0.2, -0.15) is 0 Å². The quantitative estimate of drug-likeness (QED) is 0.932. The highest BCUT2D eigenvalue weighted by Gasteiger charge is 2.32. The van der Waals surface area contributed by atoms with E-state index in [1.807, 2.05) is 19.1 Å². The van der Waals surface area contributed by atoms with Crippen molar-refractivity contribution < 1.29 is 14.7 Å².